The van der Waals surface area contributed by atoms with E-state index in [1.165, 1.54) is 10.1 Å². The van der Waals surface area contributed by atoms with Crippen LogP contribution in [-0.2, 0) is 9.84 Å². The zero-order chi connectivity index (χ0) is 14.1. The van der Waals surface area contributed by atoms with Crippen LogP contribution in [-0.4, -0.2) is 25.5 Å². The van der Waals surface area contributed by atoms with Gasteiger partial charge in [0.25, 0.3) is 0 Å². The predicted molar refractivity (Wildman–Crippen MR) is 83.9 cm³/mol. The van der Waals surface area contributed by atoms with Crippen LogP contribution in [0.3, 0.4) is 0 Å². The second-order valence-electron chi connectivity index (χ2n) is 5.53. The normalized spacial score (nSPS) is 12.8. The molecule has 104 valence electrons. The third kappa shape index (κ3) is 3.28. The van der Waals surface area contributed by atoms with E-state index < -0.39 is 14.6 Å². The number of anilines is 1. The fourth-order valence-electron chi connectivity index (χ4n) is 1.71. The second kappa shape index (κ2) is 5.13. The van der Waals surface area contributed by atoms with Gasteiger partial charge in [0, 0.05) is 16.9 Å². The Hall–Kier alpha value is -1.07. The Bertz CT molecular complexity index is 666. The van der Waals surface area contributed by atoms with Crippen LogP contribution in [0.15, 0.2) is 29.6 Å². The van der Waals surface area contributed by atoms with Crippen LogP contribution in [0.5, 0.6) is 0 Å². The SMILES string of the molecule is CC(C)(C)S(=O)(=O)CCNc1ccc2sccc2c1. The van der Waals surface area contributed by atoms with Crippen LogP contribution in [0.4, 0.5) is 5.69 Å². The molecule has 0 amide bonds. The van der Waals surface area contributed by atoms with Gasteiger partial charge in [0.15, 0.2) is 9.84 Å². The maximum Gasteiger partial charge on any atom is 0.156 e. The highest BCUT2D eigenvalue weighted by Gasteiger charge is 2.28. The van der Waals surface area contributed by atoms with Crippen molar-refractivity contribution in [1.29, 1.82) is 0 Å². The van der Waals surface area contributed by atoms with Gasteiger partial charge >= 0.3 is 0 Å². The summed E-state index contributed by atoms with van der Waals surface area (Å²) >= 11 is 1.70. The molecule has 2 aromatic rings. The van der Waals surface area contributed by atoms with Crippen molar-refractivity contribution in [2.75, 3.05) is 17.6 Å². The molecule has 0 aliphatic rings. The lowest BCUT2D eigenvalue weighted by atomic mass is 10.2. The molecule has 0 bridgehead atoms. The summed E-state index contributed by atoms with van der Waals surface area (Å²) in [4.78, 5) is 0. The van der Waals surface area contributed by atoms with E-state index in [1.807, 2.05) is 6.07 Å². The fraction of sp³-hybridized carbons (Fsp3) is 0.429. The van der Waals surface area contributed by atoms with Crippen molar-refractivity contribution in [2.45, 2.75) is 25.5 Å². The van der Waals surface area contributed by atoms with Crippen molar-refractivity contribution in [3.8, 4) is 0 Å². The third-order valence-corrected chi connectivity index (χ3v) is 6.59. The lowest BCUT2D eigenvalue weighted by Crippen LogP contribution is -2.32. The molecule has 5 heteroatoms. The standard InChI is InChI=1S/C14H19NO2S2/c1-14(2,3)19(16,17)9-7-15-12-4-5-13-11(10-12)6-8-18-13/h4-6,8,10,15H,7,9H2,1-3H3. The molecular formula is C14H19NO2S2. The summed E-state index contributed by atoms with van der Waals surface area (Å²) < 4.78 is 24.5. The first-order valence-electron chi connectivity index (χ1n) is 6.23. The highest BCUT2D eigenvalue weighted by molar-refractivity contribution is 7.92. The van der Waals surface area contributed by atoms with Crippen molar-refractivity contribution >= 4 is 36.9 Å². The smallest absolute Gasteiger partial charge is 0.156 e. The van der Waals surface area contributed by atoms with Crippen LogP contribution in [0, 0.1) is 0 Å². The van der Waals surface area contributed by atoms with Gasteiger partial charge in [-0.05, 0) is 55.8 Å². The average Bonchev–Trinajstić information content (AvgIpc) is 2.74. The summed E-state index contributed by atoms with van der Waals surface area (Å²) in [5.41, 5.74) is 0.968. The molecule has 0 atom stereocenters. The molecular weight excluding hydrogens is 278 g/mol. The Labute approximate surface area is 118 Å². The maximum atomic E-state index is 12.0. The van der Waals surface area contributed by atoms with E-state index in [-0.39, 0.29) is 5.75 Å². The summed E-state index contributed by atoms with van der Waals surface area (Å²) in [5, 5.41) is 6.42. The van der Waals surface area contributed by atoms with Crippen LogP contribution >= 0.6 is 11.3 Å². The first kappa shape index (κ1) is 14.3. The lowest BCUT2D eigenvalue weighted by molar-refractivity contribution is 0.560. The quantitative estimate of drug-likeness (QED) is 0.939. The van der Waals surface area contributed by atoms with Gasteiger partial charge in [-0.2, -0.15) is 0 Å². The second-order valence-corrected chi connectivity index (χ2v) is 9.34. The van der Waals surface area contributed by atoms with Crippen molar-refractivity contribution in [1.82, 2.24) is 0 Å². The molecule has 1 aromatic carbocycles. The number of sulfone groups is 1. The van der Waals surface area contributed by atoms with Crippen LogP contribution in [0.2, 0.25) is 0 Å². The van der Waals surface area contributed by atoms with Crippen molar-refractivity contribution in [3.05, 3.63) is 29.6 Å². The summed E-state index contributed by atoms with van der Waals surface area (Å²) in [7, 11) is -3.06. The van der Waals surface area contributed by atoms with Gasteiger partial charge in [0.2, 0.25) is 0 Å². The van der Waals surface area contributed by atoms with E-state index in [9.17, 15) is 8.42 Å². The predicted octanol–water partition coefficient (Wildman–Crippen LogP) is 3.53. The fourth-order valence-corrected chi connectivity index (χ4v) is 3.47. The van der Waals surface area contributed by atoms with Gasteiger partial charge in [0.05, 0.1) is 10.5 Å². The van der Waals surface area contributed by atoms with Crippen LogP contribution in [0.1, 0.15) is 20.8 Å². The number of hydrogen-bond acceptors (Lipinski definition) is 4. The van der Waals surface area contributed by atoms with Crippen molar-refractivity contribution in [2.24, 2.45) is 0 Å². The Balaban J connectivity index is 1.99. The Morgan fingerprint density at radius 3 is 2.63 bits per heavy atom. The summed E-state index contributed by atoms with van der Waals surface area (Å²) in [5.74, 6) is 0.151. The number of fused-ring (bicyclic) bond motifs is 1. The van der Waals surface area contributed by atoms with E-state index in [0.29, 0.717) is 6.54 Å². The van der Waals surface area contributed by atoms with Crippen molar-refractivity contribution < 1.29 is 8.42 Å². The van der Waals surface area contributed by atoms with E-state index >= 15 is 0 Å². The largest absolute Gasteiger partial charge is 0.384 e. The molecule has 0 fully saturated rings. The monoisotopic (exact) mass is 297 g/mol. The van der Waals surface area contributed by atoms with Gasteiger partial charge in [-0.25, -0.2) is 8.42 Å². The minimum Gasteiger partial charge on any atom is -0.384 e. The topological polar surface area (TPSA) is 46.2 Å². The Kier molecular flexibility index (Phi) is 3.87. The maximum absolute atomic E-state index is 12.0. The zero-order valence-corrected chi connectivity index (χ0v) is 13.1. The third-order valence-electron chi connectivity index (χ3n) is 3.09. The van der Waals surface area contributed by atoms with Gasteiger partial charge < -0.3 is 5.32 Å². The number of rotatable bonds is 4. The van der Waals surface area contributed by atoms with Gasteiger partial charge in [-0.15, -0.1) is 11.3 Å². The van der Waals surface area contributed by atoms with Gasteiger partial charge in [-0.3, -0.25) is 0 Å². The van der Waals surface area contributed by atoms with Crippen LogP contribution < -0.4 is 5.32 Å². The van der Waals surface area contributed by atoms with E-state index in [0.717, 1.165) is 5.69 Å². The minimum atomic E-state index is -3.06. The van der Waals surface area contributed by atoms with E-state index in [4.69, 9.17) is 0 Å². The van der Waals surface area contributed by atoms with Crippen molar-refractivity contribution in [3.63, 3.8) is 0 Å². The molecule has 0 spiro atoms. The molecule has 0 saturated carbocycles. The number of thiophene rings is 1. The highest BCUT2D eigenvalue weighted by Crippen LogP contribution is 2.24. The minimum absolute atomic E-state index is 0.151. The molecule has 1 aromatic heterocycles. The highest BCUT2D eigenvalue weighted by atomic mass is 32.2. The Morgan fingerprint density at radius 1 is 1.21 bits per heavy atom. The number of hydrogen-bond donors (Lipinski definition) is 1. The first-order valence-corrected chi connectivity index (χ1v) is 8.76. The molecule has 0 aliphatic heterocycles. The molecule has 19 heavy (non-hydrogen) atoms. The number of benzene rings is 1. The number of nitrogens with one attached hydrogen (secondary N) is 1. The van der Waals surface area contributed by atoms with E-state index in [1.54, 1.807) is 32.1 Å². The summed E-state index contributed by atoms with van der Waals surface area (Å²) in [6.45, 7) is 5.65. The molecule has 0 saturated heterocycles. The van der Waals surface area contributed by atoms with Gasteiger partial charge in [0.1, 0.15) is 0 Å². The lowest BCUT2D eigenvalue weighted by Gasteiger charge is -2.19. The molecule has 2 rings (SSSR count). The zero-order valence-electron chi connectivity index (χ0n) is 11.4. The molecule has 0 aliphatic carbocycles. The molecule has 1 N–H and O–H groups in total. The van der Waals surface area contributed by atoms with Gasteiger partial charge in [-0.1, -0.05) is 0 Å². The first-order chi connectivity index (χ1) is 8.79. The Morgan fingerprint density at radius 2 is 1.95 bits per heavy atom. The summed E-state index contributed by atoms with van der Waals surface area (Å²) in [6, 6.07) is 8.16. The van der Waals surface area contributed by atoms with E-state index in [2.05, 4.69) is 28.9 Å². The molecule has 0 unspecified atom stereocenters. The average molecular weight is 297 g/mol. The van der Waals surface area contributed by atoms with Crippen LogP contribution in [0.25, 0.3) is 10.1 Å². The summed E-state index contributed by atoms with van der Waals surface area (Å²) in [6.07, 6.45) is 0. The molecule has 3 nitrogen and oxygen atoms in total. The molecule has 1 heterocycles. The molecule has 0 radical (unpaired) electrons.